The number of nitrogens with zero attached hydrogens (tertiary/aromatic N) is 4. The largest absolute Gasteiger partial charge is 0.467 e. The summed E-state index contributed by atoms with van der Waals surface area (Å²) in [6.07, 6.45) is 2.83. The van der Waals surface area contributed by atoms with Gasteiger partial charge >= 0.3 is 6.01 Å². The second-order valence-corrected chi connectivity index (χ2v) is 9.00. The predicted octanol–water partition coefficient (Wildman–Crippen LogP) is 5.12. The minimum Gasteiger partial charge on any atom is -0.467 e. The first-order chi connectivity index (χ1) is 14.8. The van der Waals surface area contributed by atoms with Crippen molar-refractivity contribution in [2.24, 2.45) is 0 Å². The first-order valence-electron chi connectivity index (χ1n) is 10.9. The molecule has 0 radical (unpaired) electrons. The molecule has 2 fully saturated rings. The first kappa shape index (κ1) is 26.0. The van der Waals surface area contributed by atoms with E-state index >= 15 is 0 Å². The normalized spacial score (nSPS) is 21.3. The lowest BCUT2D eigenvalue weighted by Crippen LogP contribution is -2.54. The van der Waals surface area contributed by atoms with Gasteiger partial charge in [0.2, 0.25) is 0 Å². The topological polar surface area (TPSA) is 53.5 Å². The van der Waals surface area contributed by atoms with Gasteiger partial charge in [0.05, 0.1) is 16.6 Å². The van der Waals surface area contributed by atoms with E-state index in [1.54, 1.807) is 6.07 Å². The van der Waals surface area contributed by atoms with Gasteiger partial charge in [0.25, 0.3) is 0 Å². The Kier molecular flexibility index (Phi) is 10.2. The molecule has 0 spiro atoms. The summed E-state index contributed by atoms with van der Waals surface area (Å²) in [5.74, 6) is 0.131. The van der Waals surface area contributed by atoms with Crippen molar-refractivity contribution in [3.8, 4) is 6.01 Å². The maximum Gasteiger partial charge on any atom is 0.318 e. The number of aromatic nitrogens is 2. The molecule has 9 heteroatoms. The van der Waals surface area contributed by atoms with E-state index in [1.807, 2.05) is 13.8 Å². The van der Waals surface area contributed by atoms with Crippen LogP contribution in [0.4, 0.5) is 10.2 Å². The molecule has 0 amide bonds. The molecule has 0 saturated carbocycles. The van der Waals surface area contributed by atoms with Gasteiger partial charge in [0.1, 0.15) is 11.3 Å². The number of methoxy groups -OCH3 is 1. The van der Waals surface area contributed by atoms with E-state index in [9.17, 15) is 4.39 Å². The minimum absolute atomic E-state index is 0.138. The number of nitrogens with one attached hydrogen (secondary N) is 1. The van der Waals surface area contributed by atoms with E-state index in [4.69, 9.17) is 16.3 Å². The van der Waals surface area contributed by atoms with Gasteiger partial charge in [0, 0.05) is 30.6 Å². The van der Waals surface area contributed by atoms with E-state index in [0.717, 1.165) is 13.1 Å². The molecule has 3 heterocycles. The number of halogens is 3. The molecule has 0 aliphatic carbocycles. The number of ether oxygens (including phenoxy) is 1. The van der Waals surface area contributed by atoms with Gasteiger partial charge in [-0.25, -0.2) is 4.39 Å². The summed E-state index contributed by atoms with van der Waals surface area (Å²) in [6, 6.07) is 2.42. The van der Waals surface area contributed by atoms with Crippen molar-refractivity contribution in [2.45, 2.75) is 52.6 Å². The molecule has 0 bridgehead atoms. The van der Waals surface area contributed by atoms with Crippen molar-refractivity contribution in [3.05, 3.63) is 21.4 Å². The molecule has 2 aliphatic heterocycles. The molecule has 2 aliphatic rings. The molecule has 2 atom stereocenters. The highest BCUT2D eigenvalue weighted by Crippen LogP contribution is 2.36. The number of fused-ring (bicyclic) bond motifs is 1. The SMILES string of the molecule is CC.CN1CCCC1.COc1nc(N2CC(C)NC(C)C2)c2cc(Cl)c(Br)c(F)c2n1. The average Bonchev–Trinajstić information content (AvgIpc) is 3.24. The highest BCUT2D eigenvalue weighted by atomic mass is 79.9. The van der Waals surface area contributed by atoms with Crippen LogP contribution < -0.4 is 15.0 Å². The Morgan fingerprint density at radius 1 is 1.16 bits per heavy atom. The molecule has 2 unspecified atom stereocenters. The molecule has 4 rings (SSSR count). The standard InChI is InChI=1S/C15H17BrClFN4O.C5H11N.C2H6/c1-7-5-22(6-8(2)19-7)14-9-4-10(17)11(16)12(18)13(9)20-15(21-14)23-3;1-6-4-2-3-5-6;1-2/h4,7-8,19H,5-6H2,1-3H3;2-5H2,1H3;1-2H3. The highest BCUT2D eigenvalue weighted by molar-refractivity contribution is 9.10. The van der Waals surface area contributed by atoms with Crippen LogP contribution in [0, 0.1) is 5.82 Å². The van der Waals surface area contributed by atoms with Crippen molar-refractivity contribution in [2.75, 3.05) is 45.2 Å². The lowest BCUT2D eigenvalue weighted by molar-refractivity contribution is 0.377. The Balaban J connectivity index is 0.000000363. The van der Waals surface area contributed by atoms with Gasteiger partial charge in [0.15, 0.2) is 5.82 Å². The van der Waals surface area contributed by atoms with Crippen LogP contribution in [0.15, 0.2) is 10.5 Å². The van der Waals surface area contributed by atoms with Gasteiger partial charge in [-0.05, 0) is 68.8 Å². The molecular weight excluding hydrogens is 485 g/mol. The Hall–Kier alpha value is -1.22. The summed E-state index contributed by atoms with van der Waals surface area (Å²) in [4.78, 5) is 13.1. The molecule has 1 aromatic carbocycles. The van der Waals surface area contributed by atoms with E-state index < -0.39 is 5.82 Å². The third kappa shape index (κ3) is 6.63. The summed E-state index contributed by atoms with van der Waals surface area (Å²) < 4.78 is 19.9. The molecule has 31 heavy (non-hydrogen) atoms. The quantitative estimate of drug-likeness (QED) is 0.557. The molecular formula is C22H34BrClFN5O. The third-order valence-corrected chi connectivity index (χ3v) is 6.46. The number of benzene rings is 1. The summed E-state index contributed by atoms with van der Waals surface area (Å²) in [5.41, 5.74) is 0.196. The number of rotatable bonds is 2. The molecule has 2 saturated heterocycles. The van der Waals surface area contributed by atoms with Crippen molar-refractivity contribution in [1.29, 1.82) is 0 Å². The van der Waals surface area contributed by atoms with Gasteiger partial charge < -0.3 is 19.9 Å². The van der Waals surface area contributed by atoms with E-state index in [-0.39, 0.29) is 16.0 Å². The van der Waals surface area contributed by atoms with Crippen molar-refractivity contribution >= 4 is 44.3 Å². The Morgan fingerprint density at radius 3 is 2.23 bits per heavy atom. The van der Waals surface area contributed by atoms with Crippen molar-refractivity contribution < 1.29 is 9.13 Å². The molecule has 1 aromatic heterocycles. The zero-order chi connectivity index (χ0) is 23.1. The van der Waals surface area contributed by atoms with Crippen LogP contribution in [0.25, 0.3) is 10.9 Å². The van der Waals surface area contributed by atoms with Crippen LogP contribution in [0.5, 0.6) is 6.01 Å². The number of piperazine rings is 1. The lowest BCUT2D eigenvalue weighted by atomic mass is 10.1. The zero-order valence-corrected chi connectivity index (χ0v) is 21.6. The predicted molar refractivity (Wildman–Crippen MR) is 131 cm³/mol. The summed E-state index contributed by atoms with van der Waals surface area (Å²) in [5, 5.41) is 4.34. The van der Waals surface area contributed by atoms with Crippen LogP contribution in [-0.2, 0) is 0 Å². The van der Waals surface area contributed by atoms with Crippen molar-refractivity contribution in [1.82, 2.24) is 20.2 Å². The lowest BCUT2D eigenvalue weighted by Gasteiger charge is -2.37. The van der Waals surface area contributed by atoms with Crippen LogP contribution in [0.2, 0.25) is 5.02 Å². The Labute approximate surface area is 198 Å². The van der Waals surface area contributed by atoms with Gasteiger partial charge in [-0.2, -0.15) is 9.97 Å². The van der Waals surface area contributed by atoms with Crippen LogP contribution >= 0.6 is 27.5 Å². The number of anilines is 1. The number of likely N-dealkylation sites (tertiary alicyclic amines) is 1. The van der Waals surface area contributed by atoms with E-state index in [1.165, 1.54) is 33.0 Å². The Bertz CT molecular complexity index is 856. The fraction of sp³-hybridized carbons (Fsp3) is 0.636. The number of hydrogen-bond acceptors (Lipinski definition) is 6. The molecule has 2 aromatic rings. The fourth-order valence-electron chi connectivity index (χ4n) is 3.84. The monoisotopic (exact) mass is 517 g/mol. The summed E-state index contributed by atoms with van der Waals surface area (Å²) in [7, 11) is 3.64. The van der Waals surface area contributed by atoms with E-state index in [0.29, 0.717) is 28.3 Å². The van der Waals surface area contributed by atoms with Crippen LogP contribution in [-0.4, -0.2) is 67.3 Å². The van der Waals surface area contributed by atoms with Gasteiger partial charge in [-0.1, -0.05) is 25.4 Å². The summed E-state index contributed by atoms with van der Waals surface area (Å²) in [6.45, 7) is 12.4. The second kappa shape index (κ2) is 12.1. The van der Waals surface area contributed by atoms with E-state index in [2.05, 4.69) is 61.9 Å². The first-order valence-corrected chi connectivity index (χ1v) is 12.1. The van der Waals surface area contributed by atoms with Crippen molar-refractivity contribution in [3.63, 3.8) is 0 Å². The van der Waals surface area contributed by atoms with Crippen LogP contribution in [0.1, 0.15) is 40.5 Å². The fourth-order valence-corrected chi connectivity index (χ4v) is 4.34. The molecule has 174 valence electrons. The van der Waals surface area contributed by atoms with Gasteiger partial charge in [-0.15, -0.1) is 0 Å². The Morgan fingerprint density at radius 2 is 1.74 bits per heavy atom. The van der Waals surface area contributed by atoms with Gasteiger partial charge in [-0.3, -0.25) is 0 Å². The summed E-state index contributed by atoms with van der Waals surface area (Å²) >= 11 is 9.28. The third-order valence-electron chi connectivity index (χ3n) is 5.16. The maximum atomic E-state index is 14.6. The minimum atomic E-state index is -0.509. The zero-order valence-electron chi connectivity index (χ0n) is 19.3. The maximum absolute atomic E-state index is 14.6. The molecule has 6 nitrogen and oxygen atoms in total. The number of hydrogen-bond donors (Lipinski definition) is 1. The average molecular weight is 519 g/mol. The van der Waals surface area contributed by atoms with Crippen LogP contribution in [0.3, 0.4) is 0 Å². The second-order valence-electron chi connectivity index (χ2n) is 7.80. The molecule has 1 N–H and O–H groups in total. The highest BCUT2D eigenvalue weighted by Gasteiger charge is 2.26. The smallest absolute Gasteiger partial charge is 0.318 e.